The first kappa shape index (κ1) is 14.6. The van der Waals surface area contributed by atoms with Crippen LogP contribution in [0.4, 0.5) is 4.39 Å². The molecule has 0 bridgehead atoms. The molecule has 1 unspecified atom stereocenters. The Morgan fingerprint density at radius 2 is 1.70 bits per heavy atom. The lowest BCUT2D eigenvalue weighted by Crippen LogP contribution is -2.14. The Labute approximate surface area is 122 Å². The molecule has 0 saturated heterocycles. The van der Waals surface area contributed by atoms with Gasteiger partial charge < -0.3 is 15.2 Å². The minimum absolute atomic E-state index is 0.0489. The van der Waals surface area contributed by atoms with E-state index in [0.29, 0.717) is 22.6 Å². The fraction of sp³-hybridized carbons (Fsp3) is 0.200. The molecule has 0 aliphatic heterocycles. The van der Waals surface area contributed by atoms with E-state index < -0.39 is 11.9 Å². The van der Waals surface area contributed by atoms with E-state index in [4.69, 9.17) is 26.8 Å². The summed E-state index contributed by atoms with van der Waals surface area (Å²) in [5, 5.41) is 0.0489. The number of methoxy groups -OCH3 is 2. The molecule has 20 heavy (non-hydrogen) atoms. The van der Waals surface area contributed by atoms with Crippen LogP contribution in [0.15, 0.2) is 36.4 Å². The van der Waals surface area contributed by atoms with Crippen LogP contribution in [0.25, 0.3) is 0 Å². The third-order valence-corrected chi connectivity index (χ3v) is 3.34. The van der Waals surface area contributed by atoms with Crippen LogP contribution >= 0.6 is 11.6 Å². The highest BCUT2D eigenvalue weighted by molar-refractivity contribution is 6.30. The fourth-order valence-electron chi connectivity index (χ4n) is 1.95. The summed E-state index contributed by atoms with van der Waals surface area (Å²) >= 11 is 5.78. The Hall–Kier alpha value is -1.78. The Kier molecular flexibility index (Phi) is 4.47. The van der Waals surface area contributed by atoms with E-state index in [9.17, 15) is 4.39 Å². The number of halogens is 2. The number of hydrogen-bond acceptors (Lipinski definition) is 3. The zero-order valence-corrected chi connectivity index (χ0v) is 11.9. The lowest BCUT2D eigenvalue weighted by Gasteiger charge is -2.16. The van der Waals surface area contributed by atoms with Crippen molar-refractivity contribution in [3.63, 3.8) is 0 Å². The molecule has 2 rings (SSSR count). The predicted molar refractivity (Wildman–Crippen MR) is 77.0 cm³/mol. The van der Waals surface area contributed by atoms with E-state index in [1.54, 1.807) is 44.6 Å². The van der Waals surface area contributed by atoms with Crippen LogP contribution in [0.2, 0.25) is 5.02 Å². The lowest BCUT2D eigenvalue weighted by molar-refractivity contribution is 0.393. The van der Waals surface area contributed by atoms with Crippen LogP contribution in [0.5, 0.6) is 11.5 Å². The van der Waals surface area contributed by atoms with Crippen molar-refractivity contribution < 1.29 is 13.9 Å². The summed E-state index contributed by atoms with van der Waals surface area (Å²) in [6.45, 7) is 0. The molecule has 0 aromatic heterocycles. The highest BCUT2D eigenvalue weighted by Crippen LogP contribution is 2.31. The molecule has 0 saturated carbocycles. The van der Waals surface area contributed by atoms with Crippen LogP contribution in [-0.2, 0) is 0 Å². The van der Waals surface area contributed by atoms with Crippen molar-refractivity contribution in [2.75, 3.05) is 14.2 Å². The molecule has 0 radical (unpaired) electrons. The number of rotatable bonds is 4. The van der Waals surface area contributed by atoms with Gasteiger partial charge in [-0.05, 0) is 23.8 Å². The third-order valence-electron chi connectivity index (χ3n) is 3.05. The van der Waals surface area contributed by atoms with Crippen LogP contribution in [0.3, 0.4) is 0 Å². The van der Waals surface area contributed by atoms with Gasteiger partial charge in [0.25, 0.3) is 0 Å². The maximum Gasteiger partial charge on any atom is 0.146 e. The molecule has 0 amide bonds. The molecule has 0 spiro atoms. The summed E-state index contributed by atoms with van der Waals surface area (Å²) in [5.74, 6) is 0.679. The van der Waals surface area contributed by atoms with E-state index in [1.165, 1.54) is 6.07 Å². The molecular formula is C15H15ClFNO2. The molecule has 1 atom stereocenters. The first-order chi connectivity index (χ1) is 9.56. The van der Waals surface area contributed by atoms with Gasteiger partial charge >= 0.3 is 0 Å². The zero-order chi connectivity index (χ0) is 14.7. The quantitative estimate of drug-likeness (QED) is 0.938. The van der Waals surface area contributed by atoms with E-state index in [-0.39, 0.29) is 5.02 Å². The first-order valence-corrected chi connectivity index (χ1v) is 6.37. The maximum atomic E-state index is 14.0. The SMILES string of the molecule is COc1cc(OC)cc(C(N)c2cccc(Cl)c2F)c1. The van der Waals surface area contributed by atoms with E-state index >= 15 is 0 Å². The highest BCUT2D eigenvalue weighted by atomic mass is 35.5. The van der Waals surface area contributed by atoms with Gasteiger partial charge in [-0.15, -0.1) is 0 Å². The average Bonchev–Trinajstić information content (AvgIpc) is 2.48. The molecule has 5 heteroatoms. The van der Waals surface area contributed by atoms with Gasteiger partial charge in [-0.3, -0.25) is 0 Å². The highest BCUT2D eigenvalue weighted by Gasteiger charge is 2.17. The summed E-state index contributed by atoms with van der Waals surface area (Å²) in [6.07, 6.45) is 0. The summed E-state index contributed by atoms with van der Waals surface area (Å²) in [5.41, 5.74) is 7.13. The van der Waals surface area contributed by atoms with Gasteiger partial charge in [0.2, 0.25) is 0 Å². The molecule has 2 N–H and O–H groups in total. The Morgan fingerprint density at radius 1 is 1.10 bits per heavy atom. The van der Waals surface area contributed by atoms with Gasteiger partial charge in [0.15, 0.2) is 0 Å². The smallest absolute Gasteiger partial charge is 0.146 e. The number of hydrogen-bond donors (Lipinski definition) is 1. The predicted octanol–water partition coefficient (Wildman–Crippen LogP) is 3.54. The van der Waals surface area contributed by atoms with Crippen LogP contribution in [-0.4, -0.2) is 14.2 Å². The Bertz CT molecular complexity index is 597. The van der Waals surface area contributed by atoms with Crippen molar-refractivity contribution in [2.24, 2.45) is 5.73 Å². The van der Waals surface area contributed by atoms with Crippen molar-refractivity contribution in [3.8, 4) is 11.5 Å². The van der Waals surface area contributed by atoms with E-state index in [0.717, 1.165) is 0 Å². The number of ether oxygens (including phenoxy) is 2. The van der Waals surface area contributed by atoms with E-state index in [1.807, 2.05) is 0 Å². The second kappa shape index (κ2) is 6.11. The van der Waals surface area contributed by atoms with E-state index in [2.05, 4.69) is 0 Å². The third kappa shape index (κ3) is 2.86. The lowest BCUT2D eigenvalue weighted by atomic mass is 9.98. The molecule has 106 valence electrons. The molecule has 0 heterocycles. The monoisotopic (exact) mass is 295 g/mol. The maximum absolute atomic E-state index is 14.0. The molecule has 3 nitrogen and oxygen atoms in total. The minimum Gasteiger partial charge on any atom is -0.497 e. The van der Waals surface area contributed by atoms with Crippen molar-refractivity contribution in [2.45, 2.75) is 6.04 Å². The van der Waals surface area contributed by atoms with Gasteiger partial charge in [-0.25, -0.2) is 4.39 Å². The average molecular weight is 296 g/mol. The summed E-state index contributed by atoms with van der Waals surface area (Å²) in [4.78, 5) is 0. The molecule has 0 aliphatic carbocycles. The summed E-state index contributed by atoms with van der Waals surface area (Å²) in [6, 6.07) is 9.32. The van der Waals surface area contributed by atoms with Crippen LogP contribution < -0.4 is 15.2 Å². The Balaban J connectivity index is 2.47. The molecule has 2 aromatic rings. The second-order valence-corrected chi connectivity index (χ2v) is 4.67. The normalized spacial score (nSPS) is 12.1. The van der Waals surface area contributed by atoms with Gasteiger partial charge in [-0.1, -0.05) is 23.7 Å². The first-order valence-electron chi connectivity index (χ1n) is 5.99. The topological polar surface area (TPSA) is 44.5 Å². The number of benzene rings is 2. The van der Waals surface area contributed by atoms with Crippen molar-refractivity contribution in [3.05, 3.63) is 58.4 Å². The molecular weight excluding hydrogens is 281 g/mol. The van der Waals surface area contributed by atoms with Gasteiger partial charge in [0.1, 0.15) is 17.3 Å². The fourth-order valence-corrected chi connectivity index (χ4v) is 2.13. The summed E-state index contributed by atoms with van der Waals surface area (Å²) < 4.78 is 24.4. The number of nitrogens with two attached hydrogens (primary N) is 1. The van der Waals surface area contributed by atoms with Crippen molar-refractivity contribution in [1.29, 1.82) is 0 Å². The van der Waals surface area contributed by atoms with Crippen molar-refractivity contribution >= 4 is 11.6 Å². The van der Waals surface area contributed by atoms with Crippen LogP contribution in [0, 0.1) is 5.82 Å². The second-order valence-electron chi connectivity index (χ2n) is 4.27. The molecule has 2 aromatic carbocycles. The Morgan fingerprint density at radius 3 is 2.25 bits per heavy atom. The van der Waals surface area contributed by atoms with Gasteiger partial charge in [0, 0.05) is 11.6 Å². The summed E-state index contributed by atoms with van der Waals surface area (Å²) in [7, 11) is 3.09. The van der Waals surface area contributed by atoms with Gasteiger partial charge in [-0.2, -0.15) is 0 Å². The largest absolute Gasteiger partial charge is 0.497 e. The molecule has 0 fully saturated rings. The van der Waals surface area contributed by atoms with Gasteiger partial charge in [0.05, 0.1) is 25.3 Å². The standard InChI is InChI=1S/C15H15ClFNO2/c1-19-10-6-9(7-11(8-10)20-2)15(18)12-4-3-5-13(16)14(12)17/h3-8,15H,18H2,1-2H3. The minimum atomic E-state index is -0.655. The van der Waals surface area contributed by atoms with Crippen LogP contribution in [0.1, 0.15) is 17.2 Å². The zero-order valence-electron chi connectivity index (χ0n) is 11.2. The van der Waals surface area contributed by atoms with Crippen molar-refractivity contribution in [1.82, 2.24) is 0 Å². The molecule has 0 aliphatic rings.